The summed E-state index contributed by atoms with van der Waals surface area (Å²) in [5, 5.41) is 9.51. The topological polar surface area (TPSA) is 49.7 Å². The molecule has 1 aliphatic heterocycles. The average Bonchev–Trinajstić information content (AvgIpc) is 2.67. The summed E-state index contributed by atoms with van der Waals surface area (Å²) in [6, 6.07) is 14.9. The van der Waals surface area contributed by atoms with Gasteiger partial charge in [-0.2, -0.15) is 0 Å². The Bertz CT molecular complexity index is 712. The van der Waals surface area contributed by atoms with E-state index in [1.165, 1.54) is 11.8 Å². The normalized spacial score (nSPS) is 17.6. The minimum absolute atomic E-state index is 0.385. The Balaban J connectivity index is 2.07. The molecule has 1 N–H and O–H groups in total. The van der Waals surface area contributed by atoms with Gasteiger partial charge in [-0.1, -0.05) is 35.9 Å². The van der Waals surface area contributed by atoms with Gasteiger partial charge in [0, 0.05) is 16.3 Å². The molecule has 106 valence electrons. The van der Waals surface area contributed by atoms with Crippen LogP contribution in [0.25, 0.3) is 0 Å². The van der Waals surface area contributed by atoms with E-state index in [4.69, 9.17) is 11.6 Å². The molecule has 0 saturated heterocycles. The number of para-hydroxylation sites is 1. The summed E-state index contributed by atoms with van der Waals surface area (Å²) in [6.45, 7) is 0. The number of aliphatic imine (C=N–C) groups is 1. The molecule has 0 spiro atoms. The van der Waals surface area contributed by atoms with Crippen LogP contribution in [0.5, 0.6) is 0 Å². The van der Waals surface area contributed by atoms with Crippen molar-refractivity contribution < 1.29 is 9.90 Å². The van der Waals surface area contributed by atoms with Gasteiger partial charge in [0.05, 0.1) is 11.4 Å². The molecule has 0 saturated carbocycles. The van der Waals surface area contributed by atoms with Crippen LogP contribution in [0.1, 0.15) is 12.0 Å². The fraction of sp³-hybridized carbons (Fsp3) is 0.125. The molecule has 1 aliphatic rings. The van der Waals surface area contributed by atoms with Crippen molar-refractivity contribution in [3.05, 3.63) is 59.1 Å². The number of thioether (sulfide) groups is 1. The lowest BCUT2D eigenvalue weighted by Gasteiger charge is -2.10. The number of carboxylic acid groups (broad SMARTS) is 1. The predicted molar refractivity (Wildman–Crippen MR) is 86.0 cm³/mol. The lowest BCUT2D eigenvalue weighted by molar-refractivity contribution is -0.136. The molecule has 0 aromatic heterocycles. The molecule has 3 nitrogen and oxygen atoms in total. The van der Waals surface area contributed by atoms with Crippen molar-refractivity contribution in [2.75, 3.05) is 0 Å². The standard InChI is InChI=1S/C16H12ClNO2S/c17-11-7-5-10(6-8-11)13-9-15(16(19)20)21-14-4-2-1-3-12(14)18-13/h1-8,15H,9H2,(H,19,20)/t15-/m0/s1. The molecule has 0 amide bonds. The predicted octanol–water partition coefficient (Wildman–Crippen LogP) is 4.41. The van der Waals surface area contributed by atoms with Gasteiger partial charge in [-0.25, -0.2) is 0 Å². The van der Waals surface area contributed by atoms with Crippen LogP contribution < -0.4 is 0 Å². The van der Waals surface area contributed by atoms with Crippen molar-refractivity contribution in [1.29, 1.82) is 0 Å². The number of rotatable bonds is 2. The maximum absolute atomic E-state index is 11.5. The summed E-state index contributed by atoms with van der Waals surface area (Å²) < 4.78 is 0. The highest BCUT2D eigenvalue weighted by Crippen LogP contribution is 2.37. The zero-order chi connectivity index (χ0) is 14.8. The van der Waals surface area contributed by atoms with Crippen molar-refractivity contribution in [3.63, 3.8) is 0 Å². The van der Waals surface area contributed by atoms with E-state index in [2.05, 4.69) is 4.99 Å². The molecule has 21 heavy (non-hydrogen) atoms. The zero-order valence-electron chi connectivity index (χ0n) is 11.0. The van der Waals surface area contributed by atoms with Crippen LogP contribution in [0, 0.1) is 0 Å². The number of aliphatic carboxylic acids is 1. The largest absolute Gasteiger partial charge is 0.480 e. The SMILES string of the molecule is O=C(O)[C@@H]1CC(c2ccc(Cl)cc2)=Nc2ccccc2S1. The van der Waals surface area contributed by atoms with Crippen LogP contribution in [0.4, 0.5) is 5.69 Å². The number of benzene rings is 2. The third-order valence-electron chi connectivity index (χ3n) is 3.22. The van der Waals surface area contributed by atoms with Gasteiger partial charge in [-0.3, -0.25) is 9.79 Å². The van der Waals surface area contributed by atoms with Gasteiger partial charge in [-0.05, 0) is 29.8 Å². The van der Waals surface area contributed by atoms with Crippen LogP contribution in [-0.2, 0) is 4.79 Å². The molecular formula is C16H12ClNO2S. The van der Waals surface area contributed by atoms with Crippen molar-refractivity contribution in [2.24, 2.45) is 4.99 Å². The van der Waals surface area contributed by atoms with E-state index >= 15 is 0 Å². The average molecular weight is 318 g/mol. The first kappa shape index (κ1) is 14.2. The van der Waals surface area contributed by atoms with Gasteiger partial charge >= 0.3 is 5.97 Å². The number of nitrogens with zero attached hydrogens (tertiary/aromatic N) is 1. The minimum Gasteiger partial charge on any atom is -0.480 e. The second-order valence-corrected chi connectivity index (χ2v) is 6.36. The van der Waals surface area contributed by atoms with E-state index in [0.717, 1.165) is 21.9 Å². The third kappa shape index (κ3) is 3.12. The zero-order valence-corrected chi connectivity index (χ0v) is 12.6. The van der Waals surface area contributed by atoms with Gasteiger partial charge in [0.2, 0.25) is 0 Å². The highest BCUT2D eigenvalue weighted by Gasteiger charge is 2.26. The van der Waals surface area contributed by atoms with Crippen LogP contribution in [0.2, 0.25) is 5.02 Å². The highest BCUT2D eigenvalue weighted by atomic mass is 35.5. The van der Waals surface area contributed by atoms with E-state index in [9.17, 15) is 9.90 Å². The third-order valence-corrected chi connectivity index (χ3v) is 4.73. The Morgan fingerprint density at radius 1 is 1.19 bits per heavy atom. The number of carboxylic acids is 1. The van der Waals surface area contributed by atoms with Crippen molar-refractivity contribution in [3.8, 4) is 0 Å². The quantitative estimate of drug-likeness (QED) is 0.892. The number of hydrogen-bond acceptors (Lipinski definition) is 3. The summed E-state index contributed by atoms with van der Waals surface area (Å²) in [7, 11) is 0. The smallest absolute Gasteiger partial charge is 0.317 e. The van der Waals surface area contributed by atoms with Crippen molar-refractivity contribution >= 4 is 40.7 Å². The van der Waals surface area contributed by atoms with Crippen LogP contribution >= 0.6 is 23.4 Å². The van der Waals surface area contributed by atoms with Gasteiger partial charge in [-0.15, -0.1) is 11.8 Å². The molecular weight excluding hydrogens is 306 g/mol. The Labute approximate surface area is 131 Å². The molecule has 0 fully saturated rings. The number of carbonyl (C=O) groups is 1. The molecule has 1 atom stereocenters. The van der Waals surface area contributed by atoms with E-state index in [1.54, 1.807) is 12.1 Å². The molecule has 5 heteroatoms. The molecule has 3 rings (SSSR count). The maximum Gasteiger partial charge on any atom is 0.317 e. The van der Waals surface area contributed by atoms with Crippen LogP contribution in [0.15, 0.2) is 58.4 Å². The maximum atomic E-state index is 11.5. The van der Waals surface area contributed by atoms with Crippen LogP contribution in [0.3, 0.4) is 0 Å². The first-order chi connectivity index (χ1) is 10.1. The first-order valence-corrected chi connectivity index (χ1v) is 7.71. The molecule has 2 aromatic rings. The second kappa shape index (κ2) is 5.92. The van der Waals surface area contributed by atoms with Gasteiger partial charge in [0.15, 0.2) is 0 Å². The lowest BCUT2D eigenvalue weighted by atomic mass is 10.1. The van der Waals surface area contributed by atoms with Crippen molar-refractivity contribution in [2.45, 2.75) is 16.6 Å². The van der Waals surface area contributed by atoms with Crippen molar-refractivity contribution in [1.82, 2.24) is 0 Å². The fourth-order valence-corrected chi connectivity index (χ4v) is 3.34. The Morgan fingerprint density at radius 2 is 1.90 bits per heavy atom. The Kier molecular flexibility index (Phi) is 3.99. The Morgan fingerprint density at radius 3 is 2.62 bits per heavy atom. The fourth-order valence-electron chi connectivity index (χ4n) is 2.17. The number of halogens is 1. The van der Waals surface area contributed by atoms with Crippen LogP contribution in [-0.4, -0.2) is 22.0 Å². The first-order valence-electron chi connectivity index (χ1n) is 6.45. The second-order valence-electron chi connectivity index (χ2n) is 4.68. The minimum atomic E-state index is -0.821. The Hall–Kier alpha value is -1.78. The highest BCUT2D eigenvalue weighted by molar-refractivity contribution is 8.00. The molecule has 2 aromatic carbocycles. The monoisotopic (exact) mass is 317 g/mol. The van der Waals surface area contributed by atoms with E-state index in [1.807, 2.05) is 36.4 Å². The molecule has 0 aliphatic carbocycles. The molecule has 0 unspecified atom stereocenters. The number of hydrogen-bond donors (Lipinski definition) is 1. The molecule has 0 radical (unpaired) electrons. The van der Waals surface area contributed by atoms with Gasteiger partial charge in [0.1, 0.15) is 5.25 Å². The summed E-state index contributed by atoms with van der Waals surface area (Å²) in [4.78, 5) is 17.0. The van der Waals surface area contributed by atoms with E-state index in [-0.39, 0.29) is 0 Å². The lowest BCUT2D eigenvalue weighted by Crippen LogP contribution is -2.20. The summed E-state index contributed by atoms with van der Waals surface area (Å²) >= 11 is 7.25. The van der Waals surface area contributed by atoms with Gasteiger partial charge < -0.3 is 5.11 Å². The van der Waals surface area contributed by atoms with E-state index < -0.39 is 11.2 Å². The summed E-state index contributed by atoms with van der Waals surface area (Å²) in [5.74, 6) is -0.821. The van der Waals surface area contributed by atoms with E-state index in [0.29, 0.717) is 11.4 Å². The number of fused-ring (bicyclic) bond motifs is 1. The molecule has 0 bridgehead atoms. The summed E-state index contributed by atoms with van der Waals surface area (Å²) in [5.41, 5.74) is 2.50. The molecule has 1 heterocycles. The van der Waals surface area contributed by atoms with Gasteiger partial charge in [0.25, 0.3) is 0 Å². The summed E-state index contributed by atoms with van der Waals surface area (Å²) in [6.07, 6.45) is 0.385.